The molecule has 0 heterocycles. The van der Waals surface area contributed by atoms with E-state index in [0.717, 1.165) is 26.9 Å². The van der Waals surface area contributed by atoms with Crippen molar-refractivity contribution in [3.05, 3.63) is 63.6 Å². The van der Waals surface area contributed by atoms with E-state index in [-0.39, 0.29) is 5.38 Å². The van der Waals surface area contributed by atoms with Crippen LogP contribution in [-0.2, 0) is 0 Å². The molecule has 1 atom stereocenters. The van der Waals surface area contributed by atoms with Crippen molar-refractivity contribution in [2.45, 2.75) is 12.3 Å². The molecular formula is C15H14BrClO. The molecule has 0 N–H and O–H groups in total. The molecule has 1 nitrogen and oxygen atoms in total. The van der Waals surface area contributed by atoms with E-state index in [1.165, 1.54) is 0 Å². The lowest BCUT2D eigenvalue weighted by atomic mass is 10.00. The average molecular weight is 326 g/mol. The molecule has 0 aliphatic heterocycles. The predicted molar refractivity (Wildman–Crippen MR) is 79.6 cm³/mol. The van der Waals surface area contributed by atoms with Crippen molar-refractivity contribution in [2.75, 3.05) is 7.11 Å². The molecule has 0 radical (unpaired) electrons. The Morgan fingerprint density at radius 2 is 1.94 bits per heavy atom. The largest absolute Gasteiger partial charge is 0.497 e. The SMILES string of the molecule is COc1ccc(C(Cl)c2cccc(Br)c2)c(C)c1. The maximum Gasteiger partial charge on any atom is 0.119 e. The number of aryl methyl sites for hydroxylation is 1. The van der Waals surface area contributed by atoms with Crippen LogP contribution >= 0.6 is 27.5 Å². The van der Waals surface area contributed by atoms with Crippen LogP contribution in [0.2, 0.25) is 0 Å². The quantitative estimate of drug-likeness (QED) is 0.714. The van der Waals surface area contributed by atoms with Crippen LogP contribution in [0.1, 0.15) is 22.1 Å². The summed E-state index contributed by atoms with van der Waals surface area (Å²) in [4.78, 5) is 0. The van der Waals surface area contributed by atoms with Crippen LogP contribution in [0.25, 0.3) is 0 Å². The summed E-state index contributed by atoms with van der Waals surface area (Å²) in [5, 5.41) is -0.145. The Morgan fingerprint density at radius 1 is 1.17 bits per heavy atom. The molecule has 0 amide bonds. The third kappa shape index (κ3) is 2.88. The number of methoxy groups -OCH3 is 1. The van der Waals surface area contributed by atoms with Gasteiger partial charge in [-0.05, 0) is 47.9 Å². The molecule has 0 bridgehead atoms. The van der Waals surface area contributed by atoms with Crippen LogP contribution in [0.4, 0.5) is 0 Å². The molecule has 2 rings (SSSR count). The van der Waals surface area contributed by atoms with E-state index >= 15 is 0 Å². The van der Waals surface area contributed by atoms with Gasteiger partial charge < -0.3 is 4.74 Å². The van der Waals surface area contributed by atoms with E-state index in [1.807, 2.05) is 49.4 Å². The van der Waals surface area contributed by atoms with Crippen LogP contribution in [0, 0.1) is 6.92 Å². The number of hydrogen-bond acceptors (Lipinski definition) is 1. The second-order valence-electron chi connectivity index (χ2n) is 4.14. The zero-order chi connectivity index (χ0) is 13.1. The summed E-state index contributed by atoms with van der Waals surface area (Å²) in [6, 6.07) is 14.0. The fourth-order valence-corrected chi connectivity index (χ4v) is 2.70. The van der Waals surface area contributed by atoms with Gasteiger partial charge in [0.05, 0.1) is 12.5 Å². The number of rotatable bonds is 3. The summed E-state index contributed by atoms with van der Waals surface area (Å²) in [6.45, 7) is 2.05. The minimum absolute atomic E-state index is 0.145. The topological polar surface area (TPSA) is 9.23 Å². The van der Waals surface area contributed by atoms with Crippen molar-refractivity contribution in [2.24, 2.45) is 0 Å². The first-order valence-corrected chi connectivity index (χ1v) is 6.89. The van der Waals surface area contributed by atoms with Crippen LogP contribution in [-0.4, -0.2) is 7.11 Å². The molecule has 94 valence electrons. The molecule has 0 aliphatic rings. The summed E-state index contributed by atoms with van der Waals surface area (Å²) in [5.41, 5.74) is 3.32. The molecule has 3 heteroatoms. The minimum atomic E-state index is -0.145. The molecular weight excluding hydrogens is 312 g/mol. The summed E-state index contributed by atoms with van der Waals surface area (Å²) < 4.78 is 6.24. The first-order valence-electron chi connectivity index (χ1n) is 5.66. The molecule has 1 unspecified atom stereocenters. The molecule has 2 aromatic rings. The van der Waals surface area contributed by atoms with E-state index in [2.05, 4.69) is 15.9 Å². The van der Waals surface area contributed by atoms with Gasteiger partial charge in [-0.1, -0.05) is 34.1 Å². The van der Waals surface area contributed by atoms with Crippen molar-refractivity contribution < 1.29 is 4.74 Å². The maximum absolute atomic E-state index is 6.54. The highest BCUT2D eigenvalue weighted by atomic mass is 79.9. The third-order valence-electron chi connectivity index (χ3n) is 2.89. The second kappa shape index (κ2) is 5.77. The van der Waals surface area contributed by atoms with Gasteiger partial charge in [0, 0.05) is 4.47 Å². The molecule has 0 aliphatic carbocycles. The summed E-state index contributed by atoms with van der Waals surface area (Å²) in [5.74, 6) is 0.856. The third-order valence-corrected chi connectivity index (χ3v) is 3.87. The van der Waals surface area contributed by atoms with Crippen molar-refractivity contribution in [3.63, 3.8) is 0 Å². The van der Waals surface area contributed by atoms with Crippen molar-refractivity contribution in [1.82, 2.24) is 0 Å². The first-order chi connectivity index (χ1) is 8.61. The number of benzene rings is 2. The van der Waals surface area contributed by atoms with Crippen LogP contribution in [0.5, 0.6) is 5.75 Å². The Bertz CT molecular complexity index is 554. The van der Waals surface area contributed by atoms with Gasteiger partial charge in [-0.3, -0.25) is 0 Å². The molecule has 2 aromatic carbocycles. The minimum Gasteiger partial charge on any atom is -0.497 e. The number of alkyl halides is 1. The highest BCUT2D eigenvalue weighted by Crippen LogP contribution is 2.33. The smallest absolute Gasteiger partial charge is 0.119 e. The van der Waals surface area contributed by atoms with Crippen LogP contribution in [0.15, 0.2) is 46.9 Å². The monoisotopic (exact) mass is 324 g/mol. The first kappa shape index (κ1) is 13.4. The normalized spacial score (nSPS) is 12.2. The predicted octanol–water partition coefficient (Wildman–Crippen LogP) is 5.09. The van der Waals surface area contributed by atoms with Gasteiger partial charge in [0.15, 0.2) is 0 Å². The van der Waals surface area contributed by atoms with Gasteiger partial charge in [-0.15, -0.1) is 11.6 Å². The van der Waals surface area contributed by atoms with Gasteiger partial charge in [0.25, 0.3) is 0 Å². The fraction of sp³-hybridized carbons (Fsp3) is 0.200. The summed E-state index contributed by atoms with van der Waals surface area (Å²) >= 11 is 10.0. The standard InChI is InChI=1S/C15H14BrClO/c1-10-8-13(18-2)6-7-14(10)15(17)11-4-3-5-12(16)9-11/h3-9,15H,1-2H3. The Hall–Kier alpha value is -0.990. The van der Waals surface area contributed by atoms with Crippen LogP contribution in [0.3, 0.4) is 0 Å². The highest BCUT2D eigenvalue weighted by Gasteiger charge is 2.13. The molecule has 18 heavy (non-hydrogen) atoms. The molecule has 0 fully saturated rings. The van der Waals surface area contributed by atoms with Crippen molar-refractivity contribution in [3.8, 4) is 5.75 Å². The van der Waals surface area contributed by atoms with Gasteiger partial charge in [0.2, 0.25) is 0 Å². The van der Waals surface area contributed by atoms with Gasteiger partial charge in [-0.25, -0.2) is 0 Å². The number of ether oxygens (including phenoxy) is 1. The van der Waals surface area contributed by atoms with Gasteiger partial charge in [-0.2, -0.15) is 0 Å². The zero-order valence-corrected chi connectivity index (χ0v) is 12.6. The zero-order valence-electron chi connectivity index (χ0n) is 10.3. The fourth-order valence-electron chi connectivity index (χ4n) is 1.90. The van der Waals surface area contributed by atoms with E-state index in [1.54, 1.807) is 7.11 Å². The van der Waals surface area contributed by atoms with E-state index in [4.69, 9.17) is 16.3 Å². The Labute approximate surface area is 121 Å². The highest BCUT2D eigenvalue weighted by molar-refractivity contribution is 9.10. The summed E-state index contributed by atoms with van der Waals surface area (Å²) in [7, 11) is 1.67. The van der Waals surface area contributed by atoms with Gasteiger partial charge in [0.1, 0.15) is 5.75 Å². The van der Waals surface area contributed by atoms with Crippen molar-refractivity contribution in [1.29, 1.82) is 0 Å². The maximum atomic E-state index is 6.54. The van der Waals surface area contributed by atoms with Gasteiger partial charge >= 0.3 is 0 Å². The van der Waals surface area contributed by atoms with E-state index < -0.39 is 0 Å². The second-order valence-corrected chi connectivity index (χ2v) is 5.49. The molecule has 0 aromatic heterocycles. The van der Waals surface area contributed by atoms with Crippen LogP contribution < -0.4 is 4.74 Å². The number of halogens is 2. The lowest BCUT2D eigenvalue weighted by Gasteiger charge is -2.14. The summed E-state index contributed by atoms with van der Waals surface area (Å²) in [6.07, 6.45) is 0. The van der Waals surface area contributed by atoms with E-state index in [9.17, 15) is 0 Å². The average Bonchev–Trinajstić information content (AvgIpc) is 2.37. The Kier molecular flexibility index (Phi) is 4.31. The molecule has 0 saturated carbocycles. The van der Waals surface area contributed by atoms with Crippen molar-refractivity contribution >= 4 is 27.5 Å². The lowest BCUT2D eigenvalue weighted by molar-refractivity contribution is 0.414. The number of hydrogen-bond donors (Lipinski definition) is 0. The molecule has 0 saturated heterocycles. The lowest BCUT2D eigenvalue weighted by Crippen LogP contribution is -1.97. The Morgan fingerprint density at radius 3 is 2.56 bits per heavy atom. The van der Waals surface area contributed by atoms with E-state index in [0.29, 0.717) is 0 Å². The Balaban J connectivity index is 2.37. The molecule has 0 spiro atoms.